The number of sulfonamides is 1. The molecule has 1 aliphatic rings. The molecule has 0 atom stereocenters. The molecule has 0 radical (unpaired) electrons. The lowest BCUT2D eigenvalue weighted by Gasteiger charge is -2.09. The summed E-state index contributed by atoms with van der Waals surface area (Å²) in [5, 5.41) is 0.319. The van der Waals surface area contributed by atoms with Crippen LogP contribution >= 0.6 is 11.6 Å². The highest BCUT2D eigenvalue weighted by molar-refractivity contribution is 7.92. The molecule has 0 aromatic heterocycles. The fraction of sp³-hybridized carbons (Fsp3) is 0.400. The van der Waals surface area contributed by atoms with Crippen LogP contribution in [0.4, 0.5) is 11.4 Å². The summed E-state index contributed by atoms with van der Waals surface area (Å²) in [6, 6.07) is 4.71. The maximum atomic E-state index is 11.7. The Hall–Kier alpha value is -0.940. The summed E-state index contributed by atoms with van der Waals surface area (Å²) in [7, 11) is -3.28. The molecule has 88 valence electrons. The van der Waals surface area contributed by atoms with Crippen LogP contribution in [0.1, 0.15) is 12.8 Å². The van der Waals surface area contributed by atoms with Crippen molar-refractivity contribution in [3.8, 4) is 0 Å². The minimum absolute atomic E-state index is 0.174. The first-order valence-electron chi connectivity index (χ1n) is 5.02. The van der Waals surface area contributed by atoms with Crippen molar-refractivity contribution < 1.29 is 8.42 Å². The molecule has 0 heterocycles. The number of nitrogens with two attached hydrogens (primary N) is 1. The van der Waals surface area contributed by atoms with Gasteiger partial charge in [-0.15, -0.1) is 0 Å². The molecule has 1 aliphatic carbocycles. The fourth-order valence-electron chi connectivity index (χ4n) is 1.42. The average Bonchev–Trinajstić information content (AvgIpc) is 2.93. The Bertz CT molecular complexity index is 498. The van der Waals surface area contributed by atoms with Crippen molar-refractivity contribution in [1.29, 1.82) is 0 Å². The van der Waals surface area contributed by atoms with Crippen molar-refractivity contribution in [1.82, 2.24) is 0 Å². The lowest BCUT2D eigenvalue weighted by Crippen LogP contribution is -2.18. The molecular weight excluding hydrogens is 248 g/mol. The summed E-state index contributed by atoms with van der Waals surface area (Å²) in [4.78, 5) is 0. The number of halogens is 1. The summed E-state index contributed by atoms with van der Waals surface area (Å²) in [6.45, 7) is 0. The molecule has 0 unspecified atom stereocenters. The van der Waals surface area contributed by atoms with E-state index in [1.165, 1.54) is 6.07 Å². The zero-order valence-corrected chi connectivity index (χ0v) is 10.2. The molecule has 0 bridgehead atoms. The first-order chi connectivity index (χ1) is 7.46. The Balaban J connectivity index is 2.13. The molecule has 1 saturated carbocycles. The minimum Gasteiger partial charge on any atom is -0.399 e. The normalized spacial score (nSPS) is 16.1. The molecule has 0 saturated heterocycles. The van der Waals surface area contributed by atoms with Crippen LogP contribution < -0.4 is 10.5 Å². The molecule has 3 N–H and O–H groups in total. The van der Waals surface area contributed by atoms with E-state index in [2.05, 4.69) is 4.72 Å². The van der Waals surface area contributed by atoms with Gasteiger partial charge in [0.2, 0.25) is 10.0 Å². The van der Waals surface area contributed by atoms with E-state index < -0.39 is 10.0 Å². The van der Waals surface area contributed by atoms with Gasteiger partial charge in [0, 0.05) is 5.69 Å². The van der Waals surface area contributed by atoms with Gasteiger partial charge in [0.15, 0.2) is 0 Å². The van der Waals surface area contributed by atoms with E-state index in [9.17, 15) is 8.42 Å². The Morgan fingerprint density at radius 3 is 2.69 bits per heavy atom. The van der Waals surface area contributed by atoms with Gasteiger partial charge in [-0.05, 0) is 37.0 Å². The number of rotatable bonds is 4. The van der Waals surface area contributed by atoms with Crippen LogP contribution in [0.5, 0.6) is 0 Å². The molecule has 16 heavy (non-hydrogen) atoms. The number of benzene rings is 1. The molecule has 4 nitrogen and oxygen atoms in total. The van der Waals surface area contributed by atoms with E-state index >= 15 is 0 Å². The van der Waals surface area contributed by atoms with E-state index in [4.69, 9.17) is 17.3 Å². The van der Waals surface area contributed by atoms with Crippen molar-refractivity contribution in [2.24, 2.45) is 5.92 Å². The second-order valence-electron chi connectivity index (χ2n) is 4.07. The first-order valence-corrected chi connectivity index (χ1v) is 7.05. The van der Waals surface area contributed by atoms with Crippen molar-refractivity contribution >= 4 is 33.0 Å². The highest BCUT2D eigenvalue weighted by Gasteiger charge is 2.28. The summed E-state index contributed by atoms with van der Waals surface area (Å²) in [5.74, 6) is 0.485. The molecule has 1 aromatic rings. The molecular formula is C10H13ClN2O2S. The number of nitrogens with one attached hydrogen (secondary N) is 1. The van der Waals surface area contributed by atoms with Gasteiger partial charge < -0.3 is 5.73 Å². The highest BCUT2D eigenvalue weighted by atomic mass is 35.5. The Labute approximate surface area is 99.8 Å². The van der Waals surface area contributed by atoms with E-state index in [1.54, 1.807) is 12.1 Å². The minimum atomic E-state index is -3.28. The Morgan fingerprint density at radius 1 is 1.44 bits per heavy atom. The molecule has 0 amide bonds. The van der Waals surface area contributed by atoms with Gasteiger partial charge >= 0.3 is 0 Å². The third-order valence-corrected chi connectivity index (χ3v) is 4.16. The second kappa shape index (κ2) is 4.14. The van der Waals surface area contributed by atoms with Crippen molar-refractivity contribution in [2.75, 3.05) is 16.2 Å². The summed E-state index contributed by atoms with van der Waals surface area (Å²) < 4.78 is 25.8. The molecule has 1 aromatic carbocycles. The Morgan fingerprint density at radius 2 is 2.12 bits per heavy atom. The van der Waals surface area contributed by atoms with Crippen molar-refractivity contribution in [2.45, 2.75) is 12.8 Å². The monoisotopic (exact) mass is 260 g/mol. The smallest absolute Gasteiger partial charge is 0.233 e. The third kappa shape index (κ3) is 3.02. The predicted octanol–water partition coefficient (Wildman–Crippen LogP) is 2.07. The number of nitrogen functional groups attached to an aromatic ring is 1. The maximum absolute atomic E-state index is 11.7. The molecule has 2 rings (SSSR count). The lowest BCUT2D eigenvalue weighted by atomic mass is 10.3. The zero-order valence-electron chi connectivity index (χ0n) is 8.61. The van der Waals surface area contributed by atoms with Gasteiger partial charge in [-0.25, -0.2) is 8.42 Å². The summed E-state index contributed by atoms with van der Waals surface area (Å²) >= 11 is 5.88. The second-order valence-corrected chi connectivity index (χ2v) is 6.24. The van der Waals surface area contributed by atoms with Crippen LogP contribution in [0.2, 0.25) is 5.02 Å². The number of hydrogen-bond donors (Lipinski definition) is 2. The quantitative estimate of drug-likeness (QED) is 0.814. The van der Waals surface area contributed by atoms with Gasteiger partial charge in [0.1, 0.15) is 0 Å². The van der Waals surface area contributed by atoms with Crippen LogP contribution in [0.25, 0.3) is 0 Å². The Kier molecular flexibility index (Phi) is 2.99. The fourth-order valence-corrected chi connectivity index (χ4v) is 3.26. The van der Waals surface area contributed by atoms with Crippen LogP contribution in [0.15, 0.2) is 18.2 Å². The standard InChI is InChI=1S/C10H13ClN2O2S/c11-9-5-8(12)3-4-10(9)13-16(14,15)6-7-1-2-7/h3-5,7,13H,1-2,6,12H2. The number of hydrogen-bond acceptors (Lipinski definition) is 3. The largest absolute Gasteiger partial charge is 0.399 e. The van der Waals surface area contributed by atoms with Crippen LogP contribution in [-0.2, 0) is 10.0 Å². The highest BCUT2D eigenvalue weighted by Crippen LogP contribution is 2.31. The van der Waals surface area contributed by atoms with Crippen molar-refractivity contribution in [3.63, 3.8) is 0 Å². The summed E-state index contributed by atoms with van der Waals surface area (Å²) in [6.07, 6.45) is 1.99. The molecule has 0 aliphatic heterocycles. The topological polar surface area (TPSA) is 72.2 Å². The average molecular weight is 261 g/mol. The zero-order chi connectivity index (χ0) is 11.8. The molecule has 6 heteroatoms. The lowest BCUT2D eigenvalue weighted by molar-refractivity contribution is 0.597. The first kappa shape index (κ1) is 11.5. The van der Waals surface area contributed by atoms with Crippen LogP contribution in [-0.4, -0.2) is 14.2 Å². The van der Waals surface area contributed by atoms with E-state index in [-0.39, 0.29) is 5.75 Å². The van der Waals surface area contributed by atoms with Gasteiger partial charge in [-0.2, -0.15) is 0 Å². The molecule has 1 fully saturated rings. The van der Waals surface area contributed by atoms with Gasteiger partial charge in [0.25, 0.3) is 0 Å². The predicted molar refractivity (Wildman–Crippen MR) is 66.0 cm³/mol. The van der Waals surface area contributed by atoms with E-state index in [0.29, 0.717) is 22.3 Å². The van der Waals surface area contributed by atoms with E-state index in [1.807, 2.05) is 0 Å². The SMILES string of the molecule is Nc1ccc(NS(=O)(=O)CC2CC2)c(Cl)c1. The van der Waals surface area contributed by atoms with Crippen LogP contribution in [0.3, 0.4) is 0 Å². The van der Waals surface area contributed by atoms with Crippen LogP contribution in [0, 0.1) is 5.92 Å². The maximum Gasteiger partial charge on any atom is 0.233 e. The van der Waals surface area contributed by atoms with Gasteiger partial charge in [0.05, 0.1) is 16.5 Å². The van der Waals surface area contributed by atoms with Gasteiger partial charge in [-0.1, -0.05) is 11.6 Å². The van der Waals surface area contributed by atoms with Crippen molar-refractivity contribution in [3.05, 3.63) is 23.2 Å². The van der Waals surface area contributed by atoms with Gasteiger partial charge in [-0.3, -0.25) is 4.72 Å². The third-order valence-electron chi connectivity index (χ3n) is 2.41. The molecule has 0 spiro atoms. The van der Waals surface area contributed by atoms with E-state index in [0.717, 1.165) is 12.8 Å². The number of anilines is 2. The summed E-state index contributed by atoms with van der Waals surface area (Å²) in [5.41, 5.74) is 6.42.